The van der Waals surface area contributed by atoms with Crippen LogP contribution in [-0.2, 0) is 16.9 Å². The van der Waals surface area contributed by atoms with Crippen LogP contribution in [0.4, 0.5) is 10.6 Å². The molecule has 0 aliphatic heterocycles. The quantitative estimate of drug-likeness (QED) is 0.867. The van der Waals surface area contributed by atoms with Crippen molar-refractivity contribution >= 4 is 11.9 Å². The largest absolute Gasteiger partial charge is 0.444 e. The van der Waals surface area contributed by atoms with Crippen LogP contribution in [0.1, 0.15) is 57.2 Å². The van der Waals surface area contributed by atoms with Crippen molar-refractivity contribution in [2.45, 2.75) is 64.2 Å². The van der Waals surface area contributed by atoms with Crippen LogP contribution >= 0.6 is 0 Å². The van der Waals surface area contributed by atoms with Crippen molar-refractivity contribution < 1.29 is 14.6 Å². The van der Waals surface area contributed by atoms with Gasteiger partial charge in [-0.05, 0) is 45.6 Å². The van der Waals surface area contributed by atoms with Crippen molar-refractivity contribution in [3.63, 3.8) is 0 Å². The van der Waals surface area contributed by atoms with E-state index in [0.29, 0.717) is 5.82 Å². The van der Waals surface area contributed by atoms with E-state index in [0.717, 1.165) is 30.5 Å². The van der Waals surface area contributed by atoms with Gasteiger partial charge in [0.25, 0.3) is 0 Å². The lowest BCUT2D eigenvalue weighted by Gasteiger charge is -2.22. The molecule has 3 rings (SSSR count). The molecule has 1 heterocycles. The fraction of sp³-hybridized carbons (Fsp3) is 0.500. The van der Waals surface area contributed by atoms with Crippen LogP contribution in [0, 0.1) is 0 Å². The predicted molar refractivity (Wildman–Crippen MR) is 100 cm³/mol. The highest BCUT2D eigenvalue weighted by atomic mass is 16.5. The molecule has 6 heteroatoms. The molecule has 0 unspecified atom stereocenters. The summed E-state index contributed by atoms with van der Waals surface area (Å²) in [6.07, 6.45) is 1.68. The van der Waals surface area contributed by atoms with Gasteiger partial charge in [0.05, 0.1) is 17.3 Å². The summed E-state index contributed by atoms with van der Waals surface area (Å²) in [7, 11) is 0. The molecule has 1 aromatic heterocycles. The number of carbonyl (C=O) groups is 1. The number of aliphatic hydroxyl groups is 1. The van der Waals surface area contributed by atoms with Crippen LogP contribution in [0.2, 0.25) is 0 Å². The number of benzene rings is 1. The van der Waals surface area contributed by atoms with Gasteiger partial charge in [0.15, 0.2) is 0 Å². The van der Waals surface area contributed by atoms with Gasteiger partial charge in [-0.3, -0.25) is 5.32 Å². The third kappa shape index (κ3) is 4.43. The normalized spacial score (nSPS) is 20.2. The average Bonchev–Trinajstić information content (AvgIpc) is 3.20. The van der Waals surface area contributed by atoms with E-state index in [1.54, 1.807) is 0 Å². The van der Waals surface area contributed by atoms with Gasteiger partial charge in [-0.15, -0.1) is 0 Å². The lowest BCUT2D eigenvalue weighted by molar-refractivity contribution is 0.154. The SMILES string of the molecule is CC(C)(C)n1nc([C@H]2CC[C@@H](O)C2)cc1NC(=O)OCc1ccccc1. The lowest BCUT2D eigenvalue weighted by Crippen LogP contribution is -2.27. The monoisotopic (exact) mass is 357 g/mol. The first-order valence-electron chi connectivity index (χ1n) is 9.09. The number of hydrogen-bond donors (Lipinski definition) is 2. The Bertz CT molecular complexity index is 749. The topological polar surface area (TPSA) is 76.4 Å². The Morgan fingerprint density at radius 3 is 2.65 bits per heavy atom. The van der Waals surface area contributed by atoms with Crippen LogP contribution in [0.15, 0.2) is 36.4 Å². The van der Waals surface area contributed by atoms with Crippen LogP contribution in [-0.4, -0.2) is 27.1 Å². The zero-order valence-corrected chi connectivity index (χ0v) is 15.6. The third-order valence-electron chi connectivity index (χ3n) is 4.63. The van der Waals surface area contributed by atoms with E-state index >= 15 is 0 Å². The van der Waals surface area contributed by atoms with Gasteiger partial charge in [0.2, 0.25) is 0 Å². The number of rotatable bonds is 4. The van der Waals surface area contributed by atoms with Crippen molar-refractivity contribution in [1.29, 1.82) is 0 Å². The number of anilines is 1. The zero-order chi connectivity index (χ0) is 18.7. The van der Waals surface area contributed by atoms with E-state index in [2.05, 4.69) is 5.32 Å². The first-order chi connectivity index (χ1) is 12.3. The summed E-state index contributed by atoms with van der Waals surface area (Å²) in [5, 5.41) is 17.3. The standard InChI is InChI=1S/C20H27N3O3/c1-20(2,3)23-18(12-17(22-23)15-9-10-16(24)11-15)21-19(25)26-13-14-7-5-4-6-8-14/h4-8,12,15-16,24H,9-11,13H2,1-3H3,(H,21,25)/t15-,16+/m0/s1. The smallest absolute Gasteiger partial charge is 0.413 e. The minimum Gasteiger partial charge on any atom is -0.444 e. The van der Waals surface area contributed by atoms with Crippen LogP contribution in [0.25, 0.3) is 0 Å². The minimum absolute atomic E-state index is 0.220. The Morgan fingerprint density at radius 1 is 1.31 bits per heavy atom. The number of hydrogen-bond acceptors (Lipinski definition) is 4. The van der Waals surface area contributed by atoms with Crippen molar-refractivity contribution in [3.05, 3.63) is 47.7 Å². The maximum absolute atomic E-state index is 12.2. The Kier molecular flexibility index (Phi) is 5.32. The van der Waals surface area contributed by atoms with Crippen molar-refractivity contribution in [2.75, 3.05) is 5.32 Å². The molecule has 2 atom stereocenters. The second-order valence-corrected chi connectivity index (χ2v) is 7.89. The molecule has 0 radical (unpaired) electrons. The van der Waals surface area contributed by atoms with Gasteiger partial charge in [-0.2, -0.15) is 5.10 Å². The fourth-order valence-corrected chi connectivity index (χ4v) is 3.29. The average molecular weight is 357 g/mol. The number of amides is 1. The molecule has 1 amide bonds. The van der Waals surface area contributed by atoms with E-state index in [9.17, 15) is 9.90 Å². The molecular formula is C20H27N3O3. The zero-order valence-electron chi connectivity index (χ0n) is 15.6. The Hall–Kier alpha value is -2.34. The maximum atomic E-state index is 12.2. The number of nitrogens with one attached hydrogen (secondary N) is 1. The number of carbonyl (C=O) groups excluding carboxylic acids is 1. The van der Waals surface area contributed by atoms with Gasteiger partial charge in [0, 0.05) is 12.0 Å². The molecule has 2 N–H and O–H groups in total. The Morgan fingerprint density at radius 2 is 2.04 bits per heavy atom. The molecule has 26 heavy (non-hydrogen) atoms. The minimum atomic E-state index is -0.503. The van der Waals surface area contributed by atoms with Gasteiger partial charge < -0.3 is 9.84 Å². The van der Waals surface area contributed by atoms with E-state index in [1.807, 2.05) is 61.9 Å². The highest BCUT2D eigenvalue weighted by molar-refractivity contribution is 5.83. The molecule has 0 bridgehead atoms. The van der Waals surface area contributed by atoms with E-state index in [4.69, 9.17) is 9.84 Å². The lowest BCUT2D eigenvalue weighted by atomic mass is 10.0. The molecule has 140 valence electrons. The summed E-state index contributed by atoms with van der Waals surface area (Å²) in [4.78, 5) is 12.2. The molecule has 0 saturated heterocycles. The number of aliphatic hydroxyl groups excluding tert-OH is 1. The number of aromatic nitrogens is 2. The third-order valence-corrected chi connectivity index (χ3v) is 4.63. The molecule has 0 spiro atoms. The summed E-state index contributed by atoms with van der Waals surface area (Å²) < 4.78 is 7.14. The highest BCUT2D eigenvalue weighted by Crippen LogP contribution is 2.36. The first kappa shape index (κ1) is 18.5. The van der Waals surface area contributed by atoms with E-state index < -0.39 is 6.09 Å². The molecular weight excluding hydrogens is 330 g/mol. The first-order valence-corrected chi connectivity index (χ1v) is 9.09. The molecule has 2 aromatic rings. The molecule has 6 nitrogen and oxygen atoms in total. The fourth-order valence-electron chi connectivity index (χ4n) is 3.29. The maximum Gasteiger partial charge on any atom is 0.413 e. The summed E-state index contributed by atoms with van der Waals surface area (Å²) in [6, 6.07) is 11.5. The van der Waals surface area contributed by atoms with Crippen LogP contribution < -0.4 is 5.32 Å². The van der Waals surface area contributed by atoms with Gasteiger partial charge in [0.1, 0.15) is 12.4 Å². The van der Waals surface area contributed by atoms with Gasteiger partial charge >= 0.3 is 6.09 Å². The molecule has 1 aliphatic rings. The second-order valence-electron chi connectivity index (χ2n) is 7.89. The van der Waals surface area contributed by atoms with Crippen molar-refractivity contribution in [1.82, 2.24) is 9.78 Å². The highest BCUT2D eigenvalue weighted by Gasteiger charge is 2.29. The summed E-state index contributed by atoms with van der Waals surface area (Å²) >= 11 is 0. The number of nitrogens with zero attached hydrogens (tertiary/aromatic N) is 2. The van der Waals surface area contributed by atoms with E-state index in [1.165, 1.54) is 0 Å². The van der Waals surface area contributed by atoms with Crippen molar-refractivity contribution in [3.8, 4) is 0 Å². The summed E-state index contributed by atoms with van der Waals surface area (Å²) in [5.41, 5.74) is 1.57. The molecule has 1 fully saturated rings. The van der Waals surface area contributed by atoms with Crippen LogP contribution in [0.5, 0.6) is 0 Å². The Labute approximate surface area is 154 Å². The van der Waals surface area contributed by atoms with Crippen molar-refractivity contribution in [2.24, 2.45) is 0 Å². The van der Waals surface area contributed by atoms with Gasteiger partial charge in [-0.25, -0.2) is 9.48 Å². The summed E-state index contributed by atoms with van der Waals surface area (Å²) in [6.45, 7) is 6.33. The summed E-state index contributed by atoms with van der Waals surface area (Å²) in [5.74, 6) is 0.849. The predicted octanol–water partition coefficient (Wildman–Crippen LogP) is 4.02. The molecule has 1 aromatic carbocycles. The molecule has 1 aliphatic carbocycles. The van der Waals surface area contributed by atoms with Crippen LogP contribution in [0.3, 0.4) is 0 Å². The molecule has 1 saturated carbocycles. The Balaban J connectivity index is 1.71. The van der Waals surface area contributed by atoms with E-state index in [-0.39, 0.29) is 24.2 Å². The number of ether oxygens (including phenoxy) is 1. The second kappa shape index (κ2) is 7.50. The van der Waals surface area contributed by atoms with Gasteiger partial charge in [-0.1, -0.05) is 30.3 Å².